The molecule has 1 atom stereocenters. The van der Waals surface area contributed by atoms with Gasteiger partial charge >= 0.3 is 0 Å². The zero-order valence-electron chi connectivity index (χ0n) is 19.2. The Hall–Kier alpha value is -1.43. The van der Waals surface area contributed by atoms with E-state index in [-0.39, 0.29) is 5.92 Å². The molecule has 0 radical (unpaired) electrons. The molecule has 0 bridgehead atoms. The van der Waals surface area contributed by atoms with E-state index in [0.717, 1.165) is 52.0 Å². The number of aryl methyl sites for hydroxylation is 1. The van der Waals surface area contributed by atoms with Gasteiger partial charge in [-0.15, -0.1) is 0 Å². The number of likely N-dealkylation sites (N-methyl/N-ethyl adjacent to an activating group) is 1. The van der Waals surface area contributed by atoms with E-state index in [9.17, 15) is 4.79 Å². The Kier molecular flexibility index (Phi) is 7.12. The molecule has 3 aliphatic heterocycles. The predicted molar refractivity (Wildman–Crippen MR) is 122 cm³/mol. The molecule has 30 heavy (non-hydrogen) atoms. The SMILES string of the molecule is Cc1ccccc1CN1CCC(N2CCC(C(=O)N3CC[C@@H](N(C)C)C3)CC2)CC1. The Labute approximate surface area is 183 Å². The first-order valence-corrected chi connectivity index (χ1v) is 12.0. The number of carbonyl (C=O) groups is 1. The van der Waals surface area contributed by atoms with Crippen LogP contribution in [0.3, 0.4) is 0 Å². The molecule has 1 aromatic rings. The Morgan fingerprint density at radius 1 is 0.967 bits per heavy atom. The number of hydrogen-bond donors (Lipinski definition) is 0. The summed E-state index contributed by atoms with van der Waals surface area (Å²) in [6.45, 7) is 9.76. The first-order chi connectivity index (χ1) is 14.5. The Morgan fingerprint density at radius 2 is 1.67 bits per heavy atom. The summed E-state index contributed by atoms with van der Waals surface area (Å²) in [5.74, 6) is 0.676. The Morgan fingerprint density at radius 3 is 2.30 bits per heavy atom. The van der Waals surface area contributed by atoms with Gasteiger partial charge in [-0.05, 0) is 90.4 Å². The van der Waals surface area contributed by atoms with Crippen LogP contribution in [0.4, 0.5) is 0 Å². The van der Waals surface area contributed by atoms with Gasteiger partial charge in [0.05, 0.1) is 0 Å². The smallest absolute Gasteiger partial charge is 0.225 e. The van der Waals surface area contributed by atoms with Crippen molar-refractivity contribution in [1.29, 1.82) is 0 Å². The van der Waals surface area contributed by atoms with Gasteiger partial charge in [0.25, 0.3) is 0 Å². The van der Waals surface area contributed by atoms with Crippen molar-refractivity contribution in [3.05, 3.63) is 35.4 Å². The van der Waals surface area contributed by atoms with Crippen LogP contribution in [0.25, 0.3) is 0 Å². The number of carbonyl (C=O) groups excluding carboxylic acids is 1. The lowest BCUT2D eigenvalue weighted by molar-refractivity contribution is -0.136. The fourth-order valence-electron chi connectivity index (χ4n) is 5.60. The minimum absolute atomic E-state index is 0.253. The summed E-state index contributed by atoms with van der Waals surface area (Å²) >= 11 is 0. The monoisotopic (exact) mass is 412 g/mol. The molecule has 0 unspecified atom stereocenters. The van der Waals surface area contributed by atoms with Crippen LogP contribution in [0.1, 0.15) is 43.2 Å². The van der Waals surface area contributed by atoms with E-state index >= 15 is 0 Å². The molecule has 0 N–H and O–H groups in total. The van der Waals surface area contributed by atoms with Gasteiger partial charge in [0.15, 0.2) is 0 Å². The fraction of sp³-hybridized carbons (Fsp3) is 0.720. The average Bonchev–Trinajstić information content (AvgIpc) is 3.26. The summed E-state index contributed by atoms with van der Waals surface area (Å²) in [6.07, 6.45) is 5.75. The molecule has 4 rings (SSSR count). The highest BCUT2D eigenvalue weighted by atomic mass is 16.2. The predicted octanol–water partition coefficient (Wildman–Crippen LogP) is 2.83. The first-order valence-electron chi connectivity index (χ1n) is 12.0. The van der Waals surface area contributed by atoms with Crippen molar-refractivity contribution in [2.24, 2.45) is 5.92 Å². The average molecular weight is 413 g/mol. The van der Waals surface area contributed by atoms with E-state index in [1.165, 1.54) is 37.1 Å². The Bertz CT molecular complexity index is 705. The number of amides is 1. The summed E-state index contributed by atoms with van der Waals surface area (Å²) in [7, 11) is 4.26. The molecule has 0 aliphatic carbocycles. The van der Waals surface area contributed by atoms with E-state index in [4.69, 9.17) is 0 Å². The minimum atomic E-state index is 0.253. The number of nitrogens with zero attached hydrogens (tertiary/aromatic N) is 4. The maximum Gasteiger partial charge on any atom is 0.225 e. The number of rotatable bonds is 5. The molecule has 0 saturated carbocycles. The van der Waals surface area contributed by atoms with E-state index < -0.39 is 0 Å². The third-order valence-electron chi connectivity index (χ3n) is 7.81. The minimum Gasteiger partial charge on any atom is -0.341 e. The molecule has 5 heteroatoms. The second-order valence-corrected chi connectivity index (χ2v) is 9.93. The van der Waals surface area contributed by atoms with E-state index in [1.807, 2.05) is 0 Å². The second kappa shape index (κ2) is 9.80. The number of piperidine rings is 2. The molecule has 0 spiro atoms. The molecular weight excluding hydrogens is 372 g/mol. The molecule has 3 aliphatic rings. The summed E-state index contributed by atoms with van der Waals surface area (Å²) in [5, 5.41) is 0. The van der Waals surface area contributed by atoms with Gasteiger partial charge in [-0.3, -0.25) is 9.69 Å². The molecular formula is C25H40N4O. The molecule has 166 valence electrons. The quantitative estimate of drug-likeness (QED) is 0.744. The third-order valence-corrected chi connectivity index (χ3v) is 7.81. The van der Waals surface area contributed by atoms with Crippen LogP contribution in [-0.4, -0.2) is 91.0 Å². The molecule has 1 amide bonds. The summed E-state index contributed by atoms with van der Waals surface area (Å²) in [6, 6.07) is 10.0. The van der Waals surface area contributed by atoms with Crippen LogP contribution in [0.2, 0.25) is 0 Å². The number of hydrogen-bond acceptors (Lipinski definition) is 4. The van der Waals surface area contributed by atoms with Crippen molar-refractivity contribution < 1.29 is 4.79 Å². The largest absolute Gasteiger partial charge is 0.341 e. The lowest BCUT2D eigenvalue weighted by atomic mass is 9.92. The van der Waals surface area contributed by atoms with Crippen molar-refractivity contribution in [1.82, 2.24) is 19.6 Å². The topological polar surface area (TPSA) is 30.0 Å². The highest BCUT2D eigenvalue weighted by Crippen LogP contribution is 2.27. The van der Waals surface area contributed by atoms with Crippen LogP contribution >= 0.6 is 0 Å². The highest BCUT2D eigenvalue weighted by Gasteiger charge is 2.35. The van der Waals surface area contributed by atoms with Gasteiger partial charge in [-0.25, -0.2) is 0 Å². The molecule has 0 aromatic heterocycles. The zero-order valence-corrected chi connectivity index (χ0v) is 19.2. The van der Waals surface area contributed by atoms with Crippen LogP contribution in [0.15, 0.2) is 24.3 Å². The van der Waals surface area contributed by atoms with Crippen molar-refractivity contribution in [2.75, 3.05) is 53.4 Å². The Balaban J connectivity index is 1.20. The van der Waals surface area contributed by atoms with Crippen LogP contribution in [0.5, 0.6) is 0 Å². The van der Waals surface area contributed by atoms with Gasteiger partial charge in [0, 0.05) is 37.6 Å². The summed E-state index contributed by atoms with van der Waals surface area (Å²) in [5.41, 5.74) is 2.87. The van der Waals surface area contributed by atoms with E-state index in [1.54, 1.807) is 0 Å². The lowest BCUT2D eigenvalue weighted by Crippen LogP contribution is -2.49. The normalized spacial score (nSPS) is 25.3. The van der Waals surface area contributed by atoms with Crippen LogP contribution in [0, 0.1) is 12.8 Å². The van der Waals surface area contributed by atoms with Gasteiger partial charge < -0.3 is 14.7 Å². The molecule has 1 aromatic carbocycles. The van der Waals surface area contributed by atoms with Gasteiger partial charge in [-0.2, -0.15) is 0 Å². The van der Waals surface area contributed by atoms with Crippen molar-refractivity contribution in [3.63, 3.8) is 0 Å². The summed E-state index contributed by atoms with van der Waals surface area (Å²) < 4.78 is 0. The first kappa shape index (κ1) is 21.8. The van der Waals surface area contributed by atoms with E-state index in [2.05, 4.69) is 64.9 Å². The van der Waals surface area contributed by atoms with E-state index in [0.29, 0.717) is 18.0 Å². The second-order valence-electron chi connectivity index (χ2n) is 9.93. The highest BCUT2D eigenvalue weighted by molar-refractivity contribution is 5.79. The maximum absolute atomic E-state index is 13.0. The maximum atomic E-state index is 13.0. The van der Waals surface area contributed by atoms with Crippen LogP contribution in [-0.2, 0) is 11.3 Å². The molecule has 3 saturated heterocycles. The third kappa shape index (κ3) is 5.06. The lowest BCUT2D eigenvalue weighted by Gasteiger charge is -2.42. The van der Waals surface area contributed by atoms with Crippen molar-refractivity contribution >= 4 is 5.91 Å². The molecule has 5 nitrogen and oxygen atoms in total. The van der Waals surface area contributed by atoms with Gasteiger partial charge in [-0.1, -0.05) is 24.3 Å². The molecule has 3 fully saturated rings. The van der Waals surface area contributed by atoms with Crippen LogP contribution < -0.4 is 0 Å². The standard InChI is InChI=1S/C25H40N4O/c1-20-6-4-5-7-22(20)18-27-13-10-23(11-14-27)28-15-8-21(9-16-28)25(30)29-17-12-24(19-29)26(2)3/h4-7,21,23-24H,8-19H2,1-3H3/t24-/m1/s1. The summed E-state index contributed by atoms with van der Waals surface area (Å²) in [4.78, 5) is 22.7. The zero-order chi connectivity index (χ0) is 21.1. The van der Waals surface area contributed by atoms with Crippen molar-refractivity contribution in [2.45, 2.75) is 57.7 Å². The molecule has 3 heterocycles. The number of benzene rings is 1. The van der Waals surface area contributed by atoms with Gasteiger partial charge in [0.1, 0.15) is 0 Å². The van der Waals surface area contributed by atoms with Crippen molar-refractivity contribution in [3.8, 4) is 0 Å². The van der Waals surface area contributed by atoms with Gasteiger partial charge in [0.2, 0.25) is 5.91 Å². The fourth-order valence-corrected chi connectivity index (χ4v) is 5.60. The number of likely N-dealkylation sites (tertiary alicyclic amines) is 3.